The van der Waals surface area contributed by atoms with Gasteiger partial charge in [-0.2, -0.15) is 43.9 Å². The zero-order chi connectivity index (χ0) is 25.8. The number of benzene rings is 2. The van der Waals surface area contributed by atoms with Crippen molar-refractivity contribution in [1.82, 2.24) is 0 Å². The number of halogens is 12. The number of hydrogen-bond acceptors (Lipinski definition) is 3. The second kappa shape index (κ2) is 9.33. The molecule has 3 nitrogen and oxygen atoms in total. The maximum Gasteiger partial charge on any atom is 1.00 e. The molecule has 0 fully saturated rings. The minimum atomic E-state index is -7.67. The Balaban J connectivity index is 0.00000578. The first-order valence-electron chi connectivity index (χ1n) is 8.26. The van der Waals surface area contributed by atoms with Gasteiger partial charge in [-0.05, 0) is 22.4 Å². The van der Waals surface area contributed by atoms with Crippen LogP contribution in [-0.2, 0) is 16.5 Å². The first kappa shape index (κ1) is 30.8. The van der Waals surface area contributed by atoms with E-state index >= 15 is 0 Å². The van der Waals surface area contributed by atoms with Crippen LogP contribution >= 0.6 is 0 Å². The molecule has 0 saturated heterocycles. The Morgan fingerprint density at radius 3 is 1.68 bits per heavy atom. The van der Waals surface area contributed by atoms with E-state index in [2.05, 4.69) is 0 Å². The summed E-state index contributed by atoms with van der Waals surface area (Å²) >= 11 is 0. The molecule has 17 heteroatoms. The van der Waals surface area contributed by atoms with Crippen LogP contribution in [0.4, 0.5) is 52.7 Å². The number of hydrogen-bond donors (Lipinski definition) is 0. The van der Waals surface area contributed by atoms with Gasteiger partial charge in [0.25, 0.3) is 0 Å². The normalized spacial score (nSPS) is 14.4. The predicted molar refractivity (Wildman–Crippen MR) is 86.4 cm³/mol. The van der Waals surface area contributed by atoms with Gasteiger partial charge >= 0.3 is 65.6 Å². The number of alkyl halides is 12. The Morgan fingerprint density at radius 2 is 1.21 bits per heavy atom. The predicted octanol–water partition coefficient (Wildman–Crippen LogP) is 2.73. The van der Waals surface area contributed by atoms with Crippen molar-refractivity contribution in [3.8, 4) is 0 Å². The molecule has 0 unspecified atom stereocenters. The minimum absolute atomic E-state index is 0. The Bertz CT molecular complexity index is 1150. The maximum atomic E-state index is 14.2. The molecular formula is C17H9F12NaO3S. The number of rotatable bonds is 8. The van der Waals surface area contributed by atoms with Gasteiger partial charge < -0.3 is 4.55 Å². The van der Waals surface area contributed by atoms with Crippen molar-refractivity contribution in [1.29, 1.82) is 0 Å². The van der Waals surface area contributed by atoms with E-state index in [1.54, 1.807) is 0 Å². The summed E-state index contributed by atoms with van der Waals surface area (Å²) in [5, 5.41) is -1.29. The quantitative estimate of drug-likeness (QED) is 0.292. The fraction of sp³-hybridized carbons (Fsp3) is 0.412. The molecule has 0 N–H and O–H groups in total. The largest absolute Gasteiger partial charge is 1.00 e. The van der Waals surface area contributed by atoms with E-state index in [4.69, 9.17) is 0 Å². The molecular weight excluding hydrogens is 535 g/mol. The average molecular weight is 544 g/mol. The van der Waals surface area contributed by atoms with E-state index < -0.39 is 73.8 Å². The van der Waals surface area contributed by atoms with Crippen LogP contribution in [0, 0.1) is 0 Å². The smallest absolute Gasteiger partial charge is 0.744 e. The third-order valence-electron chi connectivity index (χ3n) is 4.59. The maximum absolute atomic E-state index is 14.2. The summed E-state index contributed by atoms with van der Waals surface area (Å²) in [6.45, 7) is 0. The first-order chi connectivity index (χ1) is 14.6. The SMILES string of the molecule is O=S(=O)([O-])c1cccc2c(CC(F)(F)C(F)(F)C(F)(F)C(F)(F)C(F)(F)C(F)F)cccc12.[Na+]. The Morgan fingerprint density at radius 1 is 0.735 bits per heavy atom. The van der Waals surface area contributed by atoms with Gasteiger partial charge in [-0.1, -0.05) is 30.3 Å². The summed E-state index contributed by atoms with van der Waals surface area (Å²) < 4.78 is 194. The van der Waals surface area contributed by atoms with Gasteiger partial charge in [0.1, 0.15) is 10.1 Å². The van der Waals surface area contributed by atoms with E-state index in [1.807, 2.05) is 0 Å². The zero-order valence-corrected chi connectivity index (χ0v) is 19.2. The zero-order valence-electron chi connectivity index (χ0n) is 16.4. The molecule has 0 radical (unpaired) electrons. The third-order valence-corrected chi connectivity index (χ3v) is 5.49. The fourth-order valence-electron chi connectivity index (χ4n) is 2.84. The van der Waals surface area contributed by atoms with Gasteiger partial charge in [-0.3, -0.25) is 0 Å². The van der Waals surface area contributed by atoms with Crippen LogP contribution in [0.3, 0.4) is 0 Å². The Labute approximate surface area is 205 Å². The van der Waals surface area contributed by atoms with Crippen molar-refractivity contribution in [2.45, 2.75) is 47.4 Å². The van der Waals surface area contributed by atoms with E-state index in [1.165, 1.54) is 0 Å². The van der Waals surface area contributed by atoms with Crippen LogP contribution in [0.5, 0.6) is 0 Å². The van der Waals surface area contributed by atoms with Crippen molar-refractivity contribution in [2.75, 3.05) is 0 Å². The van der Waals surface area contributed by atoms with Crippen LogP contribution in [0.25, 0.3) is 10.8 Å². The molecule has 0 heterocycles. The molecule has 0 aromatic heterocycles. The van der Waals surface area contributed by atoms with Crippen LogP contribution in [0.2, 0.25) is 0 Å². The summed E-state index contributed by atoms with van der Waals surface area (Å²) in [5.41, 5.74) is -1.07. The van der Waals surface area contributed by atoms with E-state index in [0.29, 0.717) is 12.1 Å². The fourth-order valence-corrected chi connectivity index (χ4v) is 3.53. The van der Waals surface area contributed by atoms with Gasteiger partial charge in [0.05, 0.1) is 4.90 Å². The standard InChI is InChI=1S/C17H10F12O3S.Na/c18-12(19)14(22,23)16(26,27)17(28,29)15(24,25)13(20,21)7-8-3-1-5-10-9(8)4-2-6-11(10)33(30,31)32;/h1-6,12H,7H2,(H,30,31,32);/q;+1/p-1. The van der Waals surface area contributed by atoms with Crippen LogP contribution in [-0.4, -0.2) is 49.0 Å². The summed E-state index contributed by atoms with van der Waals surface area (Å²) in [5.74, 6) is -35.9. The Kier molecular flexibility index (Phi) is 8.45. The van der Waals surface area contributed by atoms with Crippen molar-refractivity contribution < 1.29 is 95.2 Å². The molecule has 0 atom stereocenters. The van der Waals surface area contributed by atoms with Crippen LogP contribution in [0.15, 0.2) is 41.3 Å². The van der Waals surface area contributed by atoms with Gasteiger partial charge in [0.15, 0.2) is 0 Å². The van der Waals surface area contributed by atoms with Crippen LogP contribution < -0.4 is 29.6 Å². The molecule has 34 heavy (non-hydrogen) atoms. The summed E-state index contributed by atoms with van der Waals surface area (Å²) in [6.07, 6.45) is -8.15. The number of fused-ring (bicyclic) bond motifs is 1. The topological polar surface area (TPSA) is 57.2 Å². The van der Waals surface area contributed by atoms with Crippen LogP contribution in [0.1, 0.15) is 5.56 Å². The minimum Gasteiger partial charge on any atom is -0.744 e. The second-order valence-electron chi connectivity index (χ2n) is 6.75. The summed E-state index contributed by atoms with van der Waals surface area (Å²) in [4.78, 5) is -1.02. The molecule has 0 aliphatic carbocycles. The molecule has 0 aliphatic rings. The van der Waals surface area contributed by atoms with Gasteiger partial charge in [0, 0.05) is 6.42 Å². The third kappa shape index (κ3) is 4.75. The molecule has 0 amide bonds. The molecule has 186 valence electrons. The second-order valence-corrected chi connectivity index (χ2v) is 8.10. The van der Waals surface area contributed by atoms with Crippen molar-refractivity contribution in [2.24, 2.45) is 0 Å². The average Bonchev–Trinajstić information content (AvgIpc) is 2.66. The molecule has 0 bridgehead atoms. The van der Waals surface area contributed by atoms with E-state index in [-0.39, 0.29) is 29.6 Å². The molecule has 2 rings (SSSR count). The molecule has 0 spiro atoms. The monoisotopic (exact) mass is 544 g/mol. The molecule has 0 aliphatic heterocycles. The van der Waals surface area contributed by atoms with Gasteiger partial charge in [-0.15, -0.1) is 0 Å². The van der Waals surface area contributed by atoms with Crippen molar-refractivity contribution in [3.05, 3.63) is 42.0 Å². The first-order valence-corrected chi connectivity index (χ1v) is 9.67. The van der Waals surface area contributed by atoms with E-state index in [0.717, 1.165) is 24.3 Å². The van der Waals surface area contributed by atoms with E-state index in [9.17, 15) is 65.7 Å². The van der Waals surface area contributed by atoms with Gasteiger partial charge in [-0.25, -0.2) is 17.2 Å². The molecule has 0 saturated carbocycles. The summed E-state index contributed by atoms with van der Waals surface area (Å²) in [6, 6.07) is 4.42. The summed E-state index contributed by atoms with van der Waals surface area (Å²) in [7, 11) is -5.24. The van der Waals surface area contributed by atoms with Crippen molar-refractivity contribution >= 4 is 20.9 Å². The van der Waals surface area contributed by atoms with Crippen molar-refractivity contribution in [3.63, 3.8) is 0 Å². The molecule has 2 aromatic rings. The Hall–Kier alpha value is -1.23. The van der Waals surface area contributed by atoms with Gasteiger partial charge in [0.2, 0.25) is 0 Å². The molecule has 2 aromatic carbocycles.